The first kappa shape index (κ1) is 13.0. The van der Waals surface area contributed by atoms with Gasteiger partial charge in [-0.15, -0.1) is 0 Å². The van der Waals surface area contributed by atoms with Crippen LogP contribution in [-0.2, 0) is 6.54 Å². The quantitative estimate of drug-likeness (QED) is 0.770. The SMILES string of the molecule is CNCN(C)Cc1c(C)cc(C)cc1OC. The maximum absolute atomic E-state index is 5.44. The molecule has 90 valence electrons. The lowest BCUT2D eigenvalue weighted by molar-refractivity contribution is 0.301. The van der Waals surface area contributed by atoms with Crippen LogP contribution >= 0.6 is 0 Å². The Hall–Kier alpha value is -1.06. The molecule has 1 aromatic carbocycles. The molecule has 0 amide bonds. The third-order valence-corrected chi connectivity index (χ3v) is 2.65. The minimum atomic E-state index is 0.871. The molecule has 0 aliphatic heterocycles. The molecule has 0 unspecified atom stereocenters. The van der Waals surface area contributed by atoms with E-state index >= 15 is 0 Å². The third-order valence-electron chi connectivity index (χ3n) is 2.65. The van der Waals surface area contributed by atoms with Gasteiger partial charge in [0.05, 0.1) is 7.11 Å². The molecule has 0 radical (unpaired) electrons. The number of hydrogen-bond acceptors (Lipinski definition) is 3. The fourth-order valence-electron chi connectivity index (χ4n) is 1.94. The molecule has 0 atom stereocenters. The van der Waals surface area contributed by atoms with Crippen LogP contribution in [0.2, 0.25) is 0 Å². The van der Waals surface area contributed by atoms with E-state index in [-0.39, 0.29) is 0 Å². The summed E-state index contributed by atoms with van der Waals surface area (Å²) in [6, 6.07) is 4.29. The number of nitrogens with one attached hydrogen (secondary N) is 1. The molecule has 0 spiro atoms. The Morgan fingerprint density at radius 1 is 1.31 bits per heavy atom. The highest BCUT2D eigenvalue weighted by Crippen LogP contribution is 2.25. The zero-order chi connectivity index (χ0) is 12.1. The molecule has 0 bridgehead atoms. The molecular weight excluding hydrogens is 200 g/mol. The summed E-state index contributed by atoms with van der Waals surface area (Å²) in [5.74, 6) is 0.987. The molecule has 1 rings (SSSR count). The zero-order valence-corrected chi connectivity index (χ0v) is 10.9. The van der Waals surface area contributed by atoms with Crippen molar-refractivity contribution in [3.8, 4) is 5.75 Å². The van der Waals surface area contributed by atoms with Gasteiger partial charge < -0.3 is 10.1 Å². The number of rotatable bonds is 5. The van der Waals surface area contributed by atoms with Crippen LogP contribution in [0.1, 0.15) is 16.7 Å². The van der Waals surface area contributed by atoms with Gasteiger partial charge in [-0.25, -0.2) is 0 Å². The Morgan fingerprint density at radius 2 is 2.00 bits per heavy atom. The first-order valence-electron chi connectivity index (χ1n) is 5.55. The van der Waals surface area contributed by atoms with Crippen LogP contribution in [-0.4, -0.2) is 32.8 Å². The van der Waals surface area contributed by atoms with Crippen LogP contribution in [0.25, 0.3) is 0 Å². The van der Waals surface area contributed by atoms with E-state index in [1.165, 1.54) is 16.7 Å². The first-order valence-corrected chi connectivity index (χ1v) is 5.55. The van der Waals surface area contributed by atoms with Crippen molar-refractivity contribution in [3.05, 3.63) is 28.8 Å². The van der Waals surface area contributed by atoms with Gasteiger partial charge in [0, 0.05) is 18.8 Å². The van der Waals surface area contributed by atoms with Crippen LogP contribution in [0.15, 0.2) is 12.1 Å². The standard InChI is InChI=1S/C13H22N2O/c1-10-6-11(2)12(13(7-10)16-5)8-15(4)9-14-3/h6-7,14H,8-9H2,1-5H3. The summed E-state index contributed by atoms with van der Waals surface area (Å²) in [5, 5.41) is 3.14. The summed E-state index contributed by atoms with van der Waals surface area (Å²) >= 11 is 0. The van der Waals surface area contributed by atoms with E-state index in [2.05, 4.69) is 43.2 Å². The van der Waals surface area contributed by atoms with Crippen molar-refractivity contribution in [1.29, 1.82) is 0 Å². The largest absolute Gasteiger partial charge is 0.496 e. The van der Waals surface area contributed by atoms with Crippen LogP contribution in [0.5, 0.6) is 5.75 Å². The molecule has 0 saturated heterocycles. The maximum atomic E-state index is 5.44. The predicted molar refractivity (Wildman–Crippen MR) is 67.9 cm³/mol. The summed E-state index contributed by atoms with van der Waals surface area (Å²) in [6.07, 6.45) is 0. The monoisotopic (exact) mass is 222 g/mol. The lowest BCUT2D eigenvalue weighted by Crippen LogP contribution is -2.28. The maximum Gasteiger partial charge on any atom is 0.123 e. The number of aryl methyl sites for hydroxylation is 2. The Morgan fingerprint density at radius 3 is 2.56 bits per heavy atom. The molecular formula is C13H22N2O. The van der Waals surface area contributed by atoms with E-state index in [1.807, 2.05) is 7.05 Å². The predicted octanol–water partition coefficient (Wildman–Crippen LogP) is 1.92. The van der Waals surface area contributed by atoms with Gasteiger partial charge in [0.15, 0.2) is 0 Å². The van der Waals surface area contributed by atoms with Gasteiger partial charge in [-0.2, -0.15) is 0 Å². The van der Waals surface area contributed by atoms with Gasteiger partial charge in [-0.05, 0) is 45.1 Å². The van der Waals surface area contributed by atoms with Gasteiger partial charge in [0.25, 0.3) is 0 Å². The van der Waals surface area contributed by atoms with E-state index in [0.29, 0.717) is 0 Å². The van der Waals surface area contributed by atoms with Crippen molar-refractivity contribution in [1.82, 2.24) is 10.2 Å². The average molecular weight is 222 g/mol. The van der Waals surface area contributed by atoms with Gasteiger partial charge in [-0.1, -0.05) is 6.07 Å². The van der Waals surface area contributed by atoms with E-state index in [0.717, 1.165) is 19.0 Å². The molecule has 0 aliphatic rings. The minimum Gasteiger partial charge on any atom is -0.496 e. The molecule has 0 fully saturated rings. The van der Waals surface area contributed by atoms with Gasteiger partial charge in [-0.3, -0.25) is 4.90 Å². The molecule has 1 aromatic rings. The Balaban J connectivity index is 2.93. The Labute approximate surface area is 98.4 Å². The Kier molecular flexibility index (Phi) is 4.77. The molecule has 16 heavy (non-hydrogen) atoms. The fraction of sp³-hybridized carbons (Fsp3) is 0.538. The van der Waals surface area contributed by atoms with Crippen LogP contribution in [0.4, 0.5) is 0 Å². The summed E-state index contributed by atoms with van der Waals surface area (Å²) in [5.41, 5.74) is 3.81. The second kappa shape index (κ2) is 5.87. The number of hydrogen-bond donors (Lipinski definition) is 1. The number of benzene rings is 1. The van der Waals surface area contributed by atoms with E-state index in [9.17, 15) is 0 Å². The summed E-state index contributed by atoms with van der Waals surface area (Å²) < 4.78 is 5.44. The Bertz CT molecular complexity index is 350. The van der Waals surface area contributed by atoms with Gasteiger partial charge in [0.2, 0.25) is 0 Å². The topological polar surface area (TPSA) is 24.5 Å². The van der Waals surface area contributed by atoms with E-state index < -0.39 is 0 Å². The van der Waals surface area contributed by atoms with Crippen molar-refractivity contribution in [2.24, 2.45) is 0 Å². The minimum absolute atomic E-state index is 0.871. The smallest absolute Gasteiger partial charge is 0.123 e. The summed E-state index contributed by atoms with van der Waals surface area (Å²) in [4.78, 5) is 2.22. The number of nitrogens with zero attached hydrogens (tertiary/aromatic N) is 1. The van der Waals surface area contributed by atoms with Crippen LogP contribution < -0.4 is 10.1 Å². The highest BCUT2D eigenvalue weighted by atomic mass is 16.5. The van der Waals surface area contributed by atoms with Crippen LogP contribution in [0, 0.1) is 13.8 Å². The lowest BCUT2D eigenvalue weighted by Gasteiger charge is -2.20. The zero-order valence-electron chi connectivity index (χ0n) is 10.9. The summed E-state index contributed by atoms with van der Waals surface area (Å²) in [6.45, 7) is 6.00. The first-order chi connectivity index (χ1) is 7.58. The van der Waals surface area contributed by atoms with Crippen molar-refractivity contribution in [2.45, 2.75) is 20.4 Å². The van der Waals surface area contributed by atoms with E-state index in [4.69, 9.17) is 4.74 Å². The third kappa shape index (κ3) is 3.22. The van der Waals surface area contributed by atoms with Crippen molar-refractivity contribution < 1.29 is 4.74 Å². The molecule has 3 nitrogen and oxygen atoms in total. The lowest BCUT2D eigenvalue weighted by atomic mass is 10.0. The molecule has 1 N–H and O–H groups in total. The van der Waals surface area contributed by atoms with Crippen LogP contribution in [0.3, 0.4) is 0 Å². The number of ether oxygens (including phenoxy) is 1. The highest BCUT2D eigenvalue weighted by Gasteiger charge is 2.09. The second-order valence-electron chi connectivity index (χ2n) is 4.29. The molecule has 0 aliphatic carbocycles. The van der Waals surface area contributed by atoms with Crippen molar-refractivity contribution >= 4 is 0 Å². The van der Waals surface area contributed by atoms with Gasteiger partial charge in [0.1, 0.15) is 5.75 Å². The molecule has 0 heterocycles. The molecule has 3 heteroatoms. The average Bonchev–Trinajstić information content (AvgIpc) is 2.22. The van der Waals surface area contributed by atoms with Gasteiger partial charge >= 0.3 is 0 Å². The second-order valence-corrected chi connectivity index (χ2v) is 4.29. The number of methoxy groups -OCH3 is 1. The highest BCUT2D eigenvalue weighted by molar-refractivity contribution is 5.42. The normalized spacial score (nSPS) is 10.9. The fourth-order valence-corrected chi connectivity index (χ4v) is 1.94. The molecule has 0 saturated carbocycles. The van der Waals surface area contributed by atoms with Crippen molar-refractivity contribution in [2.75, 3.05) is 27.9 Å². The van der Waals surface area contributed by atoms with E-state index in [1.54, 1.807) is 7.11 Å². The summed E-state index contributed by atoms with van der Waals surface area (Å²) in [7, 11) is 5.78. The van der Waals surface area contributed by atoms with Crippen molar-refractivity contribution in [3.63, 3.8) is 0 Å². The molecule has 0 aromatic heterocycles.